The fourth-order valence-electron chi connectivity index (χ4n) is 4.66. The van der Waals surface area contributed by atoms with Gasteiger partial charge in [0.25, 0.3) is 0 Å². The molecule has 1 saturated heterocycles. The maximum absolute atomic E-state index is 12.6. The van der Waals surface area contributed by atoms with Crippen LogP contribution in [0.5, 0.6) is 5.75 Å². The van der Waals surface area contributed by atoms with E-state index in [-0.39, 0.29) is 5.91 Å². The van der Waals surface area contributed by atoms with Gasteiger partial charge in [-0.2, -0.15) is 0 Å². The molecular formula is C27H32ClN3O2. The molecule has 1 N–H and O–H groups in total. The highest BCUT2D eigenvalue weighted by atomic mass is 35.5. The molecule has 1 atom stereocenters. The summed E-state index contributed by atoms with van der Waals surface area (Å²) in [6, 6.07) is 20.5. The van der Waals surface area contributed by atoms with E-state index in [4.69, 9.17) is 16.3 Å². The molecule has 2 aromatic carbocycles. The van der Waals surface area contributed by atoms with Gasteiger partial charge in [0.05, 0.1) is 12.8 Å². The van der Waals surface area contributed by atoms with Crippen molar-refractivity contribution in [3.63, 3.8) is 0 Å². The second kappa shape index (κ2) is 10.9. The van der Waals surface area contributed by atoms with Crippen molar-refractivity contribution in [2.24, 2.45) is 0 Å². The smallest absolute Gasteiger partial charge is 0.220 e. The van der Waals surface area contributed by atoms with Crippen molar-refractivity contribution < 1.29 is 9.53 Å². The molecule has 174 valence electrons. The largest absolute Gasteiger partial charge is 0.497 e. The van der Waals surface area contributed by atoms with Crippen molar-refractivity contribution >= 4 is 17.5 Å². The predicted molar refractivity (Wildman–Crippen MR) is 134 cm³/mol. The third kappa shape index (κ3) is 5.60. The van der Waals surface area contributed by atoms with Gasteiger partial charge < -0.3 is 14.6 Å². The van der Waals surface area contributed by atoms with E-state index < -0.39 is 0 Å². The van der Waals surface area contributed by atoms with Gasteiger partial charge in [-0.15, -0.1) is 0 Å². The molecule has 3 aromatic rings. The number of nitrogens with zero attached hydrogens (tertiary/aromatic N) is 2. The lowest BCUT2D eigenvalue weighted by molar-refractivity contribution is -0.121. The fourth-order valence-corrected chi connectivity index (χ4v) is 4.79. The number of likely N-dealkylation sites (tertiary alicyclic amines) is 1. The molecule has 1 aliphatic rings. The van der Waals surface area contributed by atoms with Crippen LogP contribution in [0.3, 0.4) is 0 Å². The third-order valence-corrected chi connectivity index (χ3v) is 6.73. The lowest BCUT2D eigenvalue weighted by Crippen LogP contribution is -2.40. The van der Waals surface area contributed by atoms with E-state index in [1.807, 2.05) is 48.5 Å². The monoisotopic (exact) mass is 465 g/mol. The van der Waals surface area contributed by atoms with E-state index in [1.165, 1.54) is 12.8 Å². The first-order valence-electron chi connectivity index (χ1n) is 11.7. The number of benzene rings is 2. The van der Waals surface area contributed by atoms with E-state index in [0.717, 1.165) is 48.0 Å². The quantitative estimate of drug-likeness (QED) is 0.464. The van der Waals surface area contributed by atoms with Crippen molar-refractivity contribution in [2.45, 2.75) is 38.6 Å². The SMILES string of the molecule is CCN1CCC[C@@H]1CNC(=O)CCc1ccc(-c2ccc(Cl)cc2)n1-c1ccc(OC)cc1. The standard InChI is InChI=1S/C27H32ClN3O2/c1-3-30-18-4-5-24(30)19-29-27(32)17-13-23-12-16-26(20-6-8-21(28)9-7-20)31(23)22-10-14-25(33-2)15-11-22/h6-12,14-16,24H,3-5,13,17-19H2,1-2H3,(H,29,32)/t24-/m1/s1. The molecule has 0 bridgehead atoms. The van der Waals surface area contributed by atoms with Crippen molar-refractivity contribution in [1.29, 1.82) is 0 Å². The van der Waals surface area contributed by atoms with Crippen LogP contribution in [0.25, 0.3) is 16.9 Å². The molecule has 33 heavy (non-hydrogen) atoms. The molecule has 1 fully saturated rings. The number of ether oxygens (including phenoxy) is 1. The number of amides is 1. The normalized spacial score (nSPS) is 16.2. The third-order valence-electron chi connectivity index (χ3n) is 6.48. The van der Waals surface area contributed by atoms with Crippen LogP contribution in [-0.2, 0) is 11.2 Å². The molecule has 0 radical (unpaired) electrons. The first-order valence-corrected chi connectivity index (χ1v) is 12.1. The maximum Gasteiger partial charge on any atom is 0.220 e. The lowest BCUT2D eigenvalue weighted by atomic mass is 10.1. The van der Waals surface area contributed by atoms with Crippen LogP contribution in [0.15, 0.2) is 60.7 Å². The molecular weight excluding hydrogens is 434 g/mol. The Bertz CT molecular complexity index is 1060. The van der Waals surface area contributed by atoms with Crippen molar-refractivity contribution in [2.75, 3.05) is 26.7 Å². The molecule has 0 spiro atoms. The predicted octanol–water partition coefficient (Wildman–Crippen LogP) is 5.34. The van der Waals surface area contributed by atoms with Crippen LogP contribution >= 0.6 is 11.6 Å². The van der Waals surface area contributed by atoms with Crippen LogP contribution in [0.4, 0.5) is 0 Å². The van der Waals surface area contributed by atoms with E-state index >= 15 is 0 Å². The molecule has 5 nitrogen and oxygen atoms in total. The Kier molecular flexibility index (Phi) is 7.73. The second-order valence-electron chi connectivity index (χ2n) is 8.48. The minimum Gasteiger partial charge on any atom is -0.497 e. The van der Waals surface area contributed by atoms with Gasteiger partial charge in [0.15, 0.2) is 0 Å². The zero-order chi connectivity index (χ0) is 23.2. The number of halogens is 1. The molecule has 0 unspecified atom stereocenters. The summed E-state index contributed by atoms with van der Waals surface area (Å²) in [5.41, 5.74) is 4.27. The Labute approximate surface area is 201 Å². The zero-order valence-corrected chi connectivity index (χ0v) is 20.1. The number of carbonyl (C=O) groups excluding carboxylic acids is 1. The van der Waals surface area contributed by atoms with Crippen molar-refractivity contribution in [1.82, 2.24) is 14.8 Å². The Hall–Kier alpha value is -2.76. The second-order valence-corrected chi connectivity index (χ2v) is 8.92. The average molecular weight is 466 g/mol. The number of likely N-dealkylation sites (N-methyl/N-ethyl adjacent to an activating group) is 1. The number of aryl methyl sites for hydroxylation is 1. The Morgan fingerprint density at radius 1 is 1.09 bits per heavy atom. The van der Waals surface area contributed by atoms with Crippen molar-refractivity contribution in [3.8, 4) is 22.7 Å². The van der Waals surface area contributed by atoms with Gasteiger partial charge in [0, 0.05) is 35.4 Å². The summed E-state index contributed by atoms with van der Waals surface area (Å²) in [5.74, 6) is 0.918. The average Bonchev–Trinajstić information content (AvgIpc) is 3.48. The van der Waals surface area contributed by atoms with Gasteiger partial charge in [0.2, 0.25) is 5.91 Å². The lowest BCUT2D eigenvalue weighted by Gasteiger charge is -2.22. The van der Waals surface area contributed by atoms with Crippen LogP contribution in [0, 0.1) is 0 Å². The van der Waals surface area contributed by atoms with E-state index in [1.54, 1.807) is 7.11 Å². The van der Waals surface area contributed by atoms with E-state index in [0.29, 0.717) is 23.9 Å². The molecule has 1 aromatic heterocycles. The highest BCUT2D eigenvalue weighted by Crippen LogP contribution is 2.29. The Balaban J connectivity index is 1.51. The molecule has 0 saturated carbocycles. The van der Waals surface area contributed by atoms with Gasteiger partial charge in [-0.3, -0.25) is 9.69 Å². The minimum absolute atomic E-state index is 0.105. The van der Waals surface area contributed by atoms with Crippen LogP contribution in [0.2, 0.25) is 5.02 Å². The van der Waals surface area contributed by atoms with Gasteiger partial charge >= 0.3 is 0 Å². The molecule has 4 rings (SSSR count). The van der Waals surface area contributed by atoms with Crippen molar-refractivity contribution in [3.05, 3.63) is 71.4 Å². The van der Waals surface area contributed by atoms with Gasteiger partial charge in [-0.05, 0) is 86.4 Å². The number of hydrogen-bond acceptors (Lipinski definition) is 3. The van der Waals surface area contributed by atoms with Gasteiger partial charge in [-0.25, -0.2) is 0 Å². The summed E-state index contributed by atoms with van der Waals surface area (Å²) in [4.78, 5) is 15.1. The minimum atomic E-state index is 0.105. The fraction of sp³-hybridized carbons (Fsp3) is 0.370. The van der Waals surface area contributed by atoms with Crippen LogP contribution < -0.4 is 10.1 Å². The highest BCUT2D eigenvalue weighted by Gasteiger charge is 2.23. The molecule has 1 amide bonds. The first kappa shape index (κ1) is 23.4. The number of rotatable bonds is 9. The van der Waals surface area contributed by atoms with Gasteiger partial charge in [-0.1, -0.05) is 30.7 Å². The summed E-state index contributed by atoms with van der Waals surface area (Å²) in [6.45, 7) is 5.11. The molecule has 6 heteroatoms. The topological polar surface area (TPSA) is 46.5 Å². The summed E-state index contributed by atoms with van der Waals surface area (Å²) >= 11 is 6.11. The highest BCUT2D eigenvalue weighted by molar-refractivity contribution is 6.30. The number of hydrogen-bond donors (Lipinski definition) is 1. The van der Waals surface area contributed by atoms with Crippen LogP contribution in [-0.4, -0.2) is 48.2 Å². The molecule has 1 aliphatic heterocycles. The number of nitrogens with one attached hydrogen (secondary N) is 1. The summed E-state index contributed by atoms with van der Waals surface area (Å²) in [5, 5.41) is 3.87. The summed E-state index contributed by atoms with van der Waals surface area (Å²) in [6.07, 6.45) is 3.50. The van der Waals surface area contributed by atoms with Gasteiger partial charge in [0.1, 0.15) is 5.75 Å². The molecule has 0 aliphatic carbocycles. The Morgan fingerprint density at radius 2 is 1.85 bits per heavy atom. The summed E-state index contributed by atoms with van der Waals surface area (Å²) < 4.78 is 7.54. The zero-order valence-electron chi connectivity index (χ0n) is 19.4. The van der Waals surface area contributed by atoms with E-state index in [9.17, 15) is 4.79 Å². The maximum atomic E-state index is 12.6. The number of aromatic nitrogens is 1. The number of carbonyl (C=O) groups is 1. The molecule has 2 heterocycles. The summed E-state index contributed by atoms with van der Waals surface area (Å²) in [7, 11) is 1.67. The number of methoxy groups -OCH3 is 1. The first-order chi connectivity index (χ1) is 16.1. The van der Waals surface area contributed by atoms with E-state index in [2.05, 4.69) is 33.8 Å². The van der Waals surface area contributed by atoms with Crippen LogP contribution in [0.1, 0.15) is 31.9 Å². The Morgan fingerprint density at radius 3 is 2.55 bits per heavy atom.